The standard InChI is InChI=1S/C18H22N4O/c1-22-16(11-3-2-4-12(19)9-11)7-8-17(22)18(23)21-15-10-13-5-6-14(15)20-13/h2-4,7-9,13-15,20H,5-6,10,19H2,1H3,(H,21,23)/t13-,14+,15-/m1/s1. The summed E-state index contributed by atoms with van der Waals surface area (Å²) in [4.78, 5) is 12.6. The first-order valence-corrected chi connectivity index (χ1v) is 8.20. The highest BCUT2D eigenvalue weighted by atomic mass is 16.2. The minimum absolute atomic E-state index is 0.00185. The van der Waals surface area contributed by atoms with Crippen molar-refractivity contribution < 1.29 is 4.79 Å². The van der Waals surface area contributed by atoms with E-state index in [2.05, 4.69) is 10.6 Å². The number of anilines is 1. The smallest absolute Gasteiger partial charge is 0.268 e. The SMILES string of the molecule is Cn1c(C(=O)N[C@@H]2C[C@H]3CC[C@@H]2N3)ccc1-c1cccc(N)c1. The molecule has 2 saturated heterocycles. The Morgan fingerprint density at radius 3 is 2.87 bits per heavy atom. The van der Waals surface area contributed by atoms with Crippen molar-refractivity contribution in [3.63, 3.8) is 0 Å². The van der Waals surface area contributed by atoms with E-state index in [1.54, 1.807) is 0 Å². The van der Waals surface area contributed by atoms with Crippen molar-refractivity contribution in [2.45, 2.75) is 37.4 Å². The van der Waals surface area contributed by atoms with Crippen LogP contribution in [0.2, 0.25) is 0 Å². The zero-order chi connectivity index (χ0) is 16.0. The van der Waals surface area contributed by atoms with Crippen molar-refractivity contribution in [2.75, 3.05) is 5.73 Å². The van der Waals surface area contributed by atoms with E-state index in [9.17, 15) is 4.79 Å². The first-order valence-electron chi connectivity index (χ1n) is 8.20. The molecule has 0 unspecified atom stereocenters. The third-order valence-corrected chi connectivity index (χ3v) is 5.15. The van der Waals surface area contributed by atoms with Gasteiger partial charge in [0.2, 0.25) is 0 Å². The van der Waals surface area contributed by atoms with Crippen molar-refractivity contribution in [2.24, 2.45) is 7.05 Å². The molecule has 1 amide bonds. The van der Waals surface area contributed by atoms with Crippen LogP contribution in [-0.4, -0.2) is 28.6 Å². The minimum Gasteiger partial charge on any atom is -0.399 e. The summed E-state index contributed by atoms with van der Waals surface area (Å²) in [5, 5.41) is 6.75. The van der Waals surface area contributed by atoms with E-state index in [-0.39, 0.29) is 11.9 Å². The Hall–Kier alpha value is -2.27. The first kappa shape index (κ1) is 14.3. The lowest BCUT2D eigenvalue weighted by Gasteiger charge is -2.21. The number of nitrogens with two attached hydrogens (primary N) is 1. The Kier molecular flexibility index (Phi) is 3.38. The summed E-state index contributed by atoms with van der Waals surface area (Å²) in [5.74, 6) is 0.00185. The number of aromatic nitrogens is 1. The second-order valence-electron chi connectivity index (χ2n) is 6.65. The highest BCUT2D eigenvalue weighted by molar-refractivity contribution is 5.94. The first-order chi connectivity index (χ1) is 11.1. The van der Waals surface area contributed by atoms with E-state index in [1.807, 2.05) is 48.0 Å². The number of nitrogens with one attached hydrogen (secondary N) is 2. The van der Waals surface area contributed by atoms with Gasteiger partial charge in [-0.1, -0.05) is 12.1 Å². The monoisotopic (exact) mass is 310 g/mol. The minimum atomic E-state index is 0.00185. The second kappa shape index (κ2) is 5.42. The fourth-order valence-corrected chi connectivity index (χ4v) is 3.95. The van der Waals surface area contributed by atoms with Gasteiger partial charge in [0.25, 0.3) is 5.91 Å². The fourth-order valence-electron chi connectivity index (χ4n) is 3.95. The molecule has 3 heterocycles. The molecule has 0 aliphatic carbocycles. The molecule has 2 aliphatic heterocycles. The zero-order valence-corrected chi connectivity index (χ0v) is 13.3. The molecule has 4 rings (SSSR count). The van der Waals surface area contributed by atoms with E-state index in [0.29, 0.717) is 17.8 Å². The number of fused-ring (bicyclic) bond motifs is 2. The van der Waals surface area contributed by atoms with Crippen molar-refractivity contribution in [1.29, 1.82) is 0 Å². The van der Waals surface area contributed by atoms with Crippen LogP contribution < -0.4 is 16.4 Å². The lowest BCUT2D eigenvalue weighted by molar-refractivity contribution is 0.0923. The van der Waals surface area contributed by atoms with Gasteiger partial charge in [-0.25, -0.2) is 0 Å². The predicted octanol–water partition coefficient (Wildman–Crippen LogP) is 1.90. The third kappa shape index (κ3) is 2.51. The number of nitrogen functional groups attached to an aromatic ring is 1. The molecule has 3 atom stereocenters. The van der Waals surface area contributed by atoms with Gasteiger partial charge in [0, 0.05) is 42.1 Å². The zero-order valence-electron chi connectivity index (χ0n) is 13.3. The molecule has 1 aromatic carbocycles. The van der Waals surface area contributed by atoms with E-state index in [0.717, 1.165) is 29.8 Å². The average molecular weight is 310 g/mol. The van der Waals surface area contributed by atoms with Crippen LogP contribution in [0, 0.1) is 0 Å². The molecule has 2 fully saturated rings. The topological polar surface area (TPSA) is 72.1 Å². The van der Waals surface area contributed by atoms with Crippen molar-refractivity contribution in [3.05, 3.63) is 42.1 Å². The molecule has 0 saturated carbocycles. The lowest BCUT2D eigenvalue weighted by atomic mass is 9.95. The number of carbonyl (C=O) groups is 1. The second-order valence-corrected chi connectivity index (χ2v) is 6.65. The Morgan fingerprint density at radius 1 is 1.30 bits per heavy atom. The fraction of sp³-hybridized carbons (Fsp3) is 0.389. The largest absolute Gasteiger partial charge is 0.399 e. The van der Waals surface area contributed by atoms with Gasteiger partial charge in [0.05, 0.1) is 0 Å². The molecule has 2 aromatic rings. The molecular weight excluding hydrogens is 288 g/mol. The average Bonchev–Trinajstić information content (AvgIpc) is 3.22. The summed E-state index contributed by atoms with van der Waals surface area (Å²) in [5.41, 5.74) is 9.29. The Morgan fingerprint density at radius 2 is 2.17 bits per heavy atom. The van der Waals surface area contributed by atoms with Crippen molar-refractivity contribution in [1.82, 2.24) is 15.2 Å². The van der Waals surface area contributed by atoms with E-state index in [4.69, 9.17) is 5.73 Å². The summed E-state index contributed by atoms with van der Waals surface area (Å²) in [6.45, 7) is 0. The van der Waals surface area contributed by atoms with Crippen molar-refractivity contribution >= 4 is 11.6 Å². The van der Waals surface area contributed by atoms with Crippen LogP contribution in [0.4, 0.5) is 5.69 Å². The van der Waals surface area contributed by atoms with Crippen LogP contribution in [0.1, 0.15) is 29.8 Å². The Labute approximate surface area is 135 Å². The Balaban J connectivity index is 1.54. The molecular formula is C18H22N4O. The van der Waals surface area contributed by atoms with Gasteiger partial charge < -0.3 is 20.9 Å². The van der Waals surface area contributed by atoms with Crippen LogP contribution in [-0.2, 0) is 7.05 Å². The maximum Gasteiger partial charge on any atom is 0.268 e. The van der Waals surface area contributed by atoms with Gasteiger partial charge in [-0.3, -0.25) is 4.79 Å². The Bertz CT molecular complexity index is 751. The lowest BCUT2D eigenvalue weighted by Crippen LogP contribution is -2.43. The molecule has 4 N–H and O–H groups in total. The molecule has 5 nitrogen and oxygen atoms in total. The molecule has 5 heteroatoms. The van der Waals surface area contributed by atoms with Crippen LogP contribution in [0.3, 0.4) is 0 Å². The van der Waals surface area contributed by atoms with E-state index in [1.165, 1.54) is 6.42 Å². The third-order valence-electron chi connectivity index (χ3n) is 5.15. The normalized spacial score (nSPS) is 25.7. The number of benzene rings is 1. The van der Waals surface area contributed by atoms with Gasteiger partial charge >= 0.3 is 0 Å². The molecule has 0 spiro atoms. The number of nitrogens with zero attached hydrogens (tertiary/aromatic N) is 1. The summed E-state index contributed by atoms with van der Waals surface area (Å²) in [6, 6.07) is 12.9. The van der Waals surface area contributed by atoms with Crippen molar-refractivity contribution in [3.8, 4) is 11.3 Å². The van der Waals surface area contributed by atoms with E-state index < -0.39 is 0 Å². The molecule has 23 heavy (non-hydrogen) atoms. The molecule has 0 radical (unpaired) electrons. The quantitative estimate of drug-likeness (QED) is 0.758. The number of carbonyl (C=O) groups excluding carboxylic acids is 1. The van der Waals surface area contributed by atoms with Gasteiger partial charge in [-0.05, 0) is 43.5 Å². The van der Waals surface area contributed by atoms with Gasteiger partial charge in [0.15, 0.2) is 0 Å². The van der Waals surface area contributed by atoms with Crippen LogP contribution >= 0.6 is 0 Å². The molecule has 2 bridgehead atoms. The number of rotatable bonds is 3. The number of hydrogen-bond acceptors (Lipinski definition) is 3. The van der Waals surface area contributed by atoms with Crippen LogP contribution in [0.25, 0.3) is 11.3 Å². The van der Waals surface area contributed by atoms with E-state index >= 15 is 0 Å². The summed E-state index contributed by atoms with van der Waals surface area (Å²) >= 11 is 0. The maximum atomic E-state index is 12.6. The summed E-state index contributed by atoms with van der Waals surface area (Å²) in [7, 11) is 1.92. The predicted molar refractivity (Wildman–Crippen MR) is 91.1 cm³/mol. The number of hydrogen-bond donors (Lipinski definition) is 3. The highest BCUT2D eigenvalue weighted by Gasteiger charge is 2.39. The van der Waals surface area contributed by atoms with Gasteiger partial charge in [-0.15, -0.1) is 0 Å². The summed E-state index contributed by atoms with van der Waals surface area (Å²) < 4.78 is 1.94. The summed E-state index contributed by atoms with van der Waals surface area (Å²) in [6.07, 6.45) is 3.45. The maximum absolute atomic E-state index is 12.6. The van der Waals surface area contributed by atoms with Crippen LogP contribution in [0.15, 0.2) is 36.4 Å². The highest BCUT2D eigenvalue weighted by Crippen LogP contribution is 2.29. The molecule has 120 valence electrons. The van der Waals surface area contributed by atoms with Crippen LogP contribution in [0.5, 0.6) is 0 Å². The molecule has 1 aromatic heterocycles. The molecule has 2 aliphatic rings. The number of amides is 1. The van der Waals surface area contributed by atoms with Gasteiger partial charge in [-0.2, -0.15) is 0 Å². The van der Waals surface area contributed by atoms with Gasteiger partial charge in [0.1, 0.15) is 5.69 Å².